The lowest BCUT2D eigenvalue weighted by Crippen LogP contribution is -2.62. The van der Waals surface area contributed by atoms with E-state index in [1.54, 1.807) is 4.90 Å². The molecule has 1 saturated heterocycles. The third kappa shape index (κ3) is 9.83. The van der Waals surface area contributed by atoms with Gasteiger partial charge in [-0.15, -0.1) is 6.58 Å². The average molecular weight is 709 g/mol. The van der Waals surface area contributed by atoms with Crippen molar-refractivity contribution in [1.29, 1.82) is 0 Å². The number of urea groups is 1. The van der Waals surface area contributed by atoms with Crippen molar-refractivity contribution in [2.24, 2.45) is 28.1 Å². The molecule has 1 aliphatic heterocycles. The van der Waals surface area contributed by atoms with Crippen molar-refractivity contribution in [2.45, 2.75) is 118 Å². The molecule has 1 spiro atoms. The van der Waals surface area contributed by atoms with Crippen molar-refractivity contribution < 1.29 is 32.4 Å². The van der Waals surface area contributed by atoms with Crippen molar-refractivity contribution in [2.75, 3.05) is 32.9 Å². The average Bonchev–Trinajstić information content (AvgIpc) is 3.56. The number of carbonyl (C=O) groups excluding carboxylic acids is 5. The van der Waals surface area contributed by atoms with Crippen LogP contribution >= 0.6 is 0 Å². The van der Waals surface area contributed by atoms with Gasteiger partial charge in [0.2, 0.25) is 27.6 Å². The van der Waals surface area contributed by atoms with E-state index in [0.717, 1.165) is 38.4 Å². The molecule has 5 amide bonds. The van der Waals surface area contributed by atoms with Gasteiger partial charge in [-0.25, -0.2) is 17.5 Å². The van der Waals surface area contributed by atoms with Crippen LogP contribution in [0, 0.1) is 28.1 Å². The monoisotopic (exact) mass is 708 g/mol. The second kappa shape index (κ2) is 15.5. The van der Waals surface area contributed by atoms with E-state index in [2.05, 4.69) is 27.8 Å². The summed E-state index contributed by atoms with van der Waals surface area (Å²) in [4.78, 5) is 69.8. The summed E-state index contributed by atoms with van der Waals surface area (Å²) in [7, 11) is -2.05. The summed E-state index contributed by atoms with van der Waals surface area (Å²) in [5, 5.41) is 11.1. The highest BCUT2D eigenvalue weighted by Gasteiger charge is 2.64. The van der Waals surface area contributed by atoms with E-state index in [4.69, 9.17) is 0 Å². The van der Waals surface area contributed by atoms with Gasteiger partial charge in [0.05, 0.1) is 12.3 Å². The number of unbranched alkanes of at least 4 members (excludes halogenated alkanes) is 1. The number of hydrogen-bond donors (Lipinski definition) is 4. The summed E-state index contributed by atoms with van der Waals surface area (Å²) >= 11 is 0. The summed E-state index contributed by atoms with van der Waals surface area (Å²) in [5.74, 6) is -2.36. The number of rotatable bonds is 15. The van der Waals surface area contributed by atoms with E-state index < -0.39 is 74.6 Å². The standard InChI is InChI=1S/C35H60N6O7S/c1-11-13-14-24(27(42)30(44)36-19-12-2)37-29(43)26-22-15-16-35(17-18-35)23(22)20-41(26)31(45)28(34(6,7)8)39-32(46)38-25(33(3,4)5)21-40(9)49(10,47)48/h12,22-26,28H,2,11,13-21H2,1,3-10H3,(H,36,44)(H,37,43)(H2,38,39,46)/t22-,23-,24?,25+,26-,28+/m0/s1. The predicted octanol–water partition coefficient (Wildman–Crippen LogP) is 2.57. The number of nitrogens with one attached hydrogen (secondary N) is 4. The van der Waals surface area contributed by atoms with E-state index in [9.17, 15) is 32.4 Å². The van der Waals surface area contributed by atoms with Gasteiger partial charge in [-0.3, -0.25) is 19.2 Å². The smallest absolute Gasteiger partial charge is 0.315 e. The van der Waals surface area contributed by atoms with Crippen molar-refractivity contribution >= 4 is 39.6 Å². The van der Waals surface area contributed by atoms with Gasteiger partial charge in [-0.1, -0.05) is 67.4 Å². The first-order chi connectivity index (χ1) is 22.6. The van der Waals surface area contributed by atoms with Crippen LogP contribution in [0.5, 0.6) is 0 Å². The highest BCUT2D eigenvalue weighted by atomic mass is 32.2. The minimum atomic E-state index is -3.50. The number of sulfonamides is 1. The molecule has 2 saturated carbocycles. The molecule has 0 aromatic heterocycles. The lowest BCUT2D eigenvalue weighted by molar-refractivity contribution is -0.144. The number of carbonyl (C=O) groups is 5. The zero-order chi connectivity index (χ0) is 37.1. The Labute approximate surface area is 293 Å². The maximum atomic E-state index is 14.6. The van der Waals surface area contributed by atoms with Crippen molar-refractivity contribution in [3.63, 3.8) is 0 Å². The van der Waals surface area contributed by atoms with Gasteiger partial charge in [0.25, 0.3) is 5.91 Å². The maximum Gasteiger partial charge on any atom is 0.315 e. The van der Waals surface area contributed by atoms with Crippen molar-refractivity contribution in [3.05, 3.63) is 12.7 Å². The summed E-state index contributed by atoms with van der Waals surface area (Å²) in [6, 6.07) is -4.11. The number of fused-ring (bicyclic) bond motifs is 2. The molecular weight excluding hydrogens is 648 g/mol. The molecule has 0 aromatic carbocycles. The molecule has 2 aliphatic carbocycles. The van der Waals surface area contributed by atoms with Crippen LogP contribution in [-0.4, -0.2) is 104 Å². The van der Waals surface area contributed by atoms with E-state index in [-0.39, 0.29) is 36.8 Å². The largest absolute Gasteiger partial charge is 0.346 e. The third-order valence-corrected chi connectivity index (χ3v) is 12.0. The van der Waals surface area contributed by atoms with Crippen LogP contribution in [-0.2, 0) is 29.2 Å². The number of likely N-dealkylation sites (N-methyl/N-ethyl adjacent to an activating group) is 1. The first kappa shape index (κ1) is 40.4. The SMILES string of the molecule is C=CCNC(=O)C(=O)C(CCCC)NC(=O)[C@@H]1[C@H]2CCC3(CC3)[C@H]2CN1C(=O)[C@@H](NC(=O)N[C@H](CN(C)S(C)(=O)=O)C(C)(C)C)C(C)(C)C. The fourth-order valence-corrected chi connectivity index (χ4v) is 7.74. The second-order valence-electron chi connectivity index (χ2n) is 16.6. The Bertz CT molecular complexity index is 1380. The van der Waals surface area contributed by atoms with Crippen LogP contribution in [0.3, 0.4) is 0 Å². The summed E-state index contributed by atoms with van der Waals surface area (Å²) in [6.07, 6.45) is 8.09. The Balaban J connectivity index is 1.89. The van der Waals surface area contributed by atoms with Crippen LogP contribution in [0.15, 0.2) is 12.7 Å². The van der Waals surface area contributed by atoms with E-state index in [1.807, 2.05) is 48.5 Å². The van der Waals surface area contributed by atoms with E-state index in [1.165, 1.54) is 17.4 Å². The molecule has 1 heterocycles. The minimum absolute atomic E-state index is 0.0349. The van der Waals surface area contributed by atoms with Crippen LogP contribution in [0.1, 0.15) is 93.4 Å². The molecule has 1 unspecified atom stereocenters. The Morgan fingerprint density at radius 2 is 1.63 bits per heavy atom. The molecule has 278 valence electrons. The molecule has 0 bridgehead atoms. The Morgan fingerprint density at radius 1 is 1.00 bits per heavy atom. The molecular formula is C35H60N6O7S. The van der Waals surface area contributed by atoms with E-state index >= 15 is 0 Å². The molecule has 6 atom stereocenters. The molecule has 0 radical (unpaired) electrons. The summed E-state index contributed by atoms with van der Waals surface area (Å²) < 4.78 is 25.5. The normalized spacial score (nSPS) is 23.3. The Kier molecular flexibility index (Phi) is 12.8. The number of ketones is 1. The molecule has 13 nitrogen and oxygen atoms in total. The van der Waals surface area contributed by atoms with Gasteiger partial charge in [-0.05, 0) is 60.2 Å². The zero-order valence-corrected chi connectivity index (χ0v) is 31.8. The Morgan fingerprint density at radius 3 is 2.14 bits per heavy atom. The van der Waals surface area contributed by atoms with Gasteiger partial charge >= 0.3 is 6.03 Å². The van der Waals surface area contributed by atoms with Crippen molar-refractivity contribution in [3.8, 4) is 0 Å². The van der Waals surface area contributed by atoms with Crippen LogP contribution in [0.25, 0.3) is 0 Å². The van der Waals surface area contributed by atoms with Gasteiger partial charge in [0.15, 0.2) is 0 Å². The van der Waals surface area contributed by atoms with Crippen LogP contribution in [0.2, 0.25) is 0 Å². The summed E-state index contributed by atoms with van der Waals surface area (Å²) in [6.45, 7) is 17.2. The van der Waals surface area contributed by atoms with Gasteiger partial charge in [0, 0.05) is 32.7 Å². The number of hydrogen-bond acceptors (Lipinski definition) is 7. The first-order valence-corrected chi connectivity index (χ1v) is 19.4. The number of Topliss-reactive ketones (excluding diaryl/α,β-unsaturated/α-hetero) is 1. The Hall–Kier alpha value is -3.00. The van der Waals surface area contributed by atoms with E-state index in [0.29, 0.717) is 13.0 Å². The number of amides is 5. The van der Waals surface area contributed by atoms with Crippen molar-refractivity contribution in [1.82, 2.24) is 30.5 Å². The van der Waals surface area contributed by atoms with Crippen LogP contribution < -0.4 is 21.3 Å². The van der Waals surface area contributed by atoms with Gasteiger partial charge < -0.3 is 26.2 Å². The number of nitrogens with zero attached hydrogens (tertiary/aromatic N) is 2. The highest BCUT2D eigenvalue weighted by molar-refractivity contribution is 7.88. The fraction of sp³-hybridized carbons (Fsp3) is 0.800. The fourth-order valence-electron chi connectivity index (χ4n) is 7.32. The zero-order valence-electron chi connectivity index (χ0n) is 31.0. The predicted molar refractivity (Wildman–Crippen MR) is 189 cm³/mol. The topological polar surface area (TPSA) is 174 Å². The molecule has 3 rings (SSSR count). The molecule has 4 N–H and O–H groups in total. The highest BCUT2D eigenvalue weighted by Crippen LogP contribution is 2.66. The van der Waals surface area contributed by atoms with Crippen LogP contribution in [0.4, 0.5) is 4.79 Å². The summed E-state index contributed by atoms with van der Waals surface area (Å²) in [5.41, 5.74) is -1.16. The first-order valence-electron chi connectivity index (χ1n) is 17.6. The van der Waals surface area contributed by atoms with Gasteiger partial charge in [-0.2, -0.15) is 0 Å². The molecule has 3 aliphatic rings. The third-order valence-electron chi connectivity index (χ3n) is 10.7. The second-order valence-corrected chi connectivity index (χ2v) is 18.6. The molecule has 14 heteroatoms. The number of likely N-dealkylation sites (tertiary alicyclic amines) is 1. The molecule has 0 aromatic rings. The van der Waals surface area contributed by atoms with Gasteiger partial charge in [0.1, 0.15) is 12.1 Å². The lowest BCUT2D eigenvalue weighted by Gasteiger charge is -2.38. The molecule has 49 heavy (non-hydrogen) atoms. The minimum Gasteiger partial charge on any atom is -0.346 e. The quantitative estimate of drug-likeness (QED) is 0.149. The maximum absolute atomic E-state index is 14.6. The lowest BCUT2D eigenvalue weighted by atomic mass is 9.85. The molecule has 3 fully saturated rings.